The minimum atomic E-state index is -0.177. The molecule has 0 bridgehead atoms. The molecule has 0 radical (unpaired) electrons. The lowest BCUT2D eigenvalue weighted by molar-refractivity contribution is -0.219. The summed E-state index contributed by atoms with van der Waals surface area (Å²) in [6.45, 7) is 5.63. The highest BCUT2D eigenvalue weighted by atomic mass is 16.7. The van der Waals surface area contributed by atoms with E-state index in [2.05, 4.69) is 13.8 Å². The van der Waals surface area contributed by atoms with Crippen LogP contribution in [0.1, 0.15) is 20.3 Å². The van der Waals surface area contributed by atoms with E-state index in [9.17, 15) is 4.79 Å². The van der Waals surface area contributed by atoms with Crippen LogP contribution in [0.15, 0.2) is 12.2 Å². The number of hydrogen-bond acceptors (Lipinski definition) is 3. The van der Waals surface area contributed by atoms with Crippen LogP contribution >= 0.6 is 0 Å². The number of rotatable bonds is 3. The van der Waals surface area contributed by atoms with Gasteiger partial charge < -0.3 is 9.47 Å². The summed E-state index contributed by atoms with van der Waals surface area (Å²) in [5.74, 6) is 0. The second-order valence-electron chi connectivity index (χ2n) is 4.02. The zero-order valence-corrected chi connectivity index (χ0v) is 8.16. The van der Waals surface area contributed by atoms with Crippen LogP contribution in [-0.2, 0) is 14.3 Å². The van der Waals surface area contributed by atoms with Crippen LogP contribution in [0.4, 0.5) is 0 Å². The Morgan fingerprint density at radius 3 is 2.54 bits per heavy atom. The van der Waals surface area contributed by atoms with Gasteiger partial charge in [0.15, 0.2) is 6.29 Å². The lowest BCUT2D eigenvalue weighted by Crippen LogP contribution is -2.37. The van der Waals surface area contributed by atoms with E-state index < -0.39 is 0 Å². The highest BCUT2D eigenvalue weighted by Crippen LogP contribution is 2.23. The fourth-order valence-electron chi connectivity index (χ4n) is 1.11. The molecule has 3 heteroatoms. The van der Waals surface area contributed by atoms with Crippen molar-refractivity contribution in [2.75, 3.05) is 13.2 Å². The van der Waals surface area contributed by atoms with Crippen molar-refractivity contribution in [1.29, 1.82) is 0 Å². The van der Waals surface area contributed by atoms with Gasteiger partial charge in [-0.25, -0.2) is 0 Å². The average Bonchev–Trinajstić information content (AvgIpc) is 2.08. The second kappa shape index (κ2) is 4.53. The maximum Gasteiger partial charge on any atom is 0.161 e. The Morgan fingerprint density at radius 1 is 1.38 bits per heavy atom. The Kier molecular flexibility index (Phi) is 3.63. The molecule has 0 spiro atoms. The summed E-state index contributed by atoms with van der Waals surface area (Å²) in [6.07, 6.45) is 4.45. The predicted molar refractivity (Wildman–Crippen MR) is 49.3 cm³/mol. The number of allylic oxidation sites excluding steroid dienone is 1. The average molecular weight is 184 g/mol. The summed E-state index contributed by atoms with van der Waals surface area (Å²) in [5, 5.41) is 0. The standard InChI is InChI=1S/C10H16O3/c1-10(2)7-12-9(13-8-10)5-3-4-6-11/h3-4,6,9H,5,7-8H2,1-2H3. The predicted octanol–water partition coefficient (Wildman–Crippen LogP) is 1.53. The molecule has 1 aliphatic heterocycles. The molecule has 0 aromatic heterocycles. The first-order chi connectivity index (χ1) is 6.14. The van der Waals surface area contributed by atoms with Crippen molar-refractivity contribution in [2.45, 2.75) is 26.6 Å². The lowest BCUT2D eigenvalue weighted by Gasteiger charge is -2.34. The number of aldehydes is 1. The summed E-state index contributed by atoms with van der Waals surface area (Å²) >= 11 is 0. The fraction of sp³-hybridized carbons (Fsp3) is 0.700. The molecule has 0 aromatic carbocycles. The van der Waals surface area contributed by atoms with Crippen LogP contribution in [0.25, 0.3) is 0 Å². The van der Waals surface area contributed by atoms with Gasteiger partial charge in [0.25, 0.3) is 0 Å². The first-order valence-electron chi connectivity index (χ1n) is 4.47. The molecule has 1 fully saturated rings. The van der Waals surface area contributed by atoms with Gasteiger partial charge in [-0.1, -0.05) is 19.9 Å². The van der Waals surface area contributed by atoms with Gasteiger partial charge in [-0.05, 0) is 6.08 Å². The number of hydrogen-bond donors (Lipinski definition) is 0. The highest BCUT2D eigenvalue weighted by molar-refractivity contribution is 5.64. The second-order valence-corrected chi connectivity index (χ2v) is 4.02. The molecule has 0 aliphatic carbocycles. The smallest absolute Gasteiger partial charge is 0.161 e. The van der Waals surface area contributed by atoms with Crippen molar-refractivity contribution in [3.05, 3.63) is 12.2 Å². The Labute approximate surface area is 78.7 Å². The van der Waals surface area contributed by atoms with E-state index >= 15 is 0 Å². The van der Waals surface area contributed by atoms with Crippen LogP contribution in [0, 0.1) is 5.41 Å². The maximum absolute atomic E-state index is 9.98. The molecule has 3 nitrogen and oxygen atoms in total. The maximum atomic E-state index is 9.98. The van der Waals surface area contributed by atoms with Gasteiger partial charge in [0.2, 0.25) is 0 Å². The summed E-state index contributed by atoms with van der Waals surface area (Å²) in [5.41, 5.74) is 0.116. The lowest BCUT2D eigenvalue weighted by atomic mass is 9.95. The van der Waals surface area contributed by atoms with Crippen LogP contribution in [0.5, 0.6) is 0 Å². The van der Waals surface area contributed by atoms with Crippen LogP contribution in [0.3, 0.4) is 0 Å². The molecule has 0 unspecified atom stereocenters. The van der Waals surface area contributed by atoms with Crippen LogP contribution in [-0.4, -0.2) is 25.8 Å². The van der Waals surface area contributed by atoms with Gasteiger partial charge in [0.05, 0.1) is 13.2 Å². The topological polar surface area (TPSA) is 35.5 Å². The molecule has 74 valence electrons. The van der Waals surface area contributed by atoms with E-state index in [1.54, 1.807) is 6.08 Å². The first kappa shape index (κ1) is 10.4. The summed E-state index contributed by atoms with van der Waals surface area (Å²) in [7, 11) is 0. The van der Waals surface area contributed by atoms with E-state index in [1.165, 1.54) is 6.08 Å². The number of carbonyl (C=O) groups is 1. The summed E-state index contributed by atoms with van der Waals surface area (Å²) in [6, 6.07) is 0. The monoisotopic (exact) mass is 184 g/mol. The minimum Gasteiger partial charge on any atom is -0.352 e. The molecule has 1 rings (SSSR count). The third-order valence-corrected chi connectivity index (χ3v) is 1.86. The quantitative estimate of drug-likeness (QED) is 0.493. The summed E-state index contributed by atoms with van der Waals surface area (Å²) in [4.78, 5) is 9.98. The number of carbonyl (C=O) groups excluding carboxylic acids is 1. The van der Waals surface area contributed by atoms with E-state index in [0.717, 1.165) is 6.29 Å². The highest BCUT2D eigenvalue weighted by Gasteiger charge is 2.27. The molecule has 1 saturated heterocycles. The van der Waals surface area contributed by atoms with Gasteiger partial charge in [-0.2, -0.15) is 0 Å². The van der Waals surface area contributed by atoms with Crippen molar-refractivity contribution < 1.29 is 14.3 Å². The van der Waals surface area contributed by atoms with Crippen molar-refractivity contribution in [3.8, 4) is 0 Å². The molecule has 1 aliphatic rings. The number of ether oxygens (including phenoxy) is 2. The molecular formula is C10H16O3. The SMILES string of the molecule is CC1(C)COC(CC=CC=O)OC1. The van der Waals surface area contributed by atoms with Crippen molar-refractivity contribution in [2.24, 2.45) is 5.41 Å². The third kappa shape index (κ3) is 3.70. The molecule has 0 amide bonds. The molecule has 0 aromatic rings. The van der Waals surface area contributed by atoms with E-state index in [-0.39, 0.29) is 11.7 Å². The Bertz CT molecular complexity index is 186. The summed E-state index contributed by atoms with van der Waals surface area (Å²) < 4.78 is 10.9. The Morgan fingerprint density at radius 2 is 2.00 bits per heavy atom. The Hall–Kier alpha value is -0.670. The van der Waals surface area contributed by atoms with Gasteiger partial charge in [-0.15, -0.1) is 0 Å². The van der Waals surface area contributed by atoms with Crippen molar-refractivity contribution in [3.63, 3.8) is 0 Å². The van der Waals surface area contributed by atoms with E-state index in [4.69, 9.17) is 9.47 Å². The Balaban J connectivity index is 2.25. The molecular weight excluding hydrogens is 168 g/mol. The fourth-order valence-corrected chi connectivity index (χ4v) is 1.11. The minimum absolute atomic E-state index is 0.116. The third-order valence-electron chi connectivity index (χ3n) is 1.86. The zero-order valence-electron chi connectivity index (χ0n) is 8.16. The molecule has 0 saturated carbocycles. The van der Waals surface area contributed by atoms with Gasteiger partial charge in [0.1, 0.15) is 6.29 Å². The first-order valence-corrected chi connectivity index (χ1v) is 4.47. The van der Waals surface area contributed by atoms with Crippen LogP contribution < -0.4 is 0 Å². The van der Waals surface area contributed by atoms with Crippen molar-refractivity contribution in [1.82, 2.24) is 0 Å². The van der Waals surface area contributed by atoms with E-state index in [1.807, 2.05) is 0 Å². The van der Waals surface area contributed by atoms with Crippen LogP contribution in [0.2, 0.25) is 0 Å². The van der Waals surface area contributed by atoms with E-state index in [0.29, 0.717) is 19.6 Å². The van der Waals surface area contributed by atoms with Gasteiger partial charge in [0, 0.05) is 11.8 Å². The zero-order chi connectivity index (χ0) is 9.73. The van der Waals surface area contributed by atoms with Gasteiger partial charge in [-0.3, -0.25) is 4.79 Å². The molecule has 1 heterocycles. The van der Waals surface area contributed by atoms with Crippen molar-refractivity contribution >= 4 is 6.29 Å². The molecule has 13 heavy (non-hydrogen) atoms. The molecule has 0 atom stereocenters. The largest absolute Gasteiger partial charge is 0.352 e. The van der Waals surface area contributed by atoms with Gasteiger partial charge >= 0.3 is 0 Å². The normalized spacial score (nSPS) is 23.5. The molecule has 0 N–H and O–H groups in total.